The summed E-state index contributed by atoms with van der Waals surface area (Å²) in [6.45, 7) is 4.23. The van der Waals surface area contributed by atoms with Gasteiger partial charge in [0.1, 0.15) is 0 Å². The second-order valence-electron chi connectivity index (χ2n) is 7.01. The standard InChI is InChI=1S/C19H23NO5S2/c1-13-8-17(14(2)20(13)10-16-4-3-6-26-16)18(21)11-25-19(22)9-15-5-7-27(23,24)12-15/h3-4,6,8,15H,5,7,9-12H2,1-2H3/t15-/m0/s1. The third kappa shape index (κ3) is 4.87. The van der Waals surface area contributed by atoms with Crippen LogP contribution in [-0.4, -0.2) is 42.9 Å². The summed E-state index contributed by atoms with van der Waals surface area (Å²) >= 11 is 1.66. The van der Waals surface area contributed by atoms with Crippen LogP contribution < -0.4 is 0 Å². The zero-order valence-corrected chi connectivity index (χ0v) is 17.1. The maximum Gasteiger partial charge on any atom is 0.306 e. The van der Waals surface area contributed by atoms with Gasteiger partial charge in [-0.15, -0.1) is 11.3 Å². The number of thiophene rings is 1. The van der Waals surface area contributed by atoms with Gasteiger partial charge in [-0.3, -0.25) is 9.59 Å². The maximum atomic E-state index is 12.5. The molecule has 1 aliphatic heterocycles. The molecule has 3 heterocycles. The van der Waals surface area contributed by atoms with Crippen molar-refractivity contribution in [1.29, 1.82) is 0 Å². The third-order valence-electron chi connectivity index (χ3n) is 4.91. The van der Waals surface area contributed by atoms with Crippen LogP contribution in [0.5, 0.6) is 0 Å². The molecule has 27 heavy (non-hydrogen) atoms. The van der Waals surface area contributed by atoms with E-state index in [0.717, 1.165) is 11.4 Å². The lowest BCUT2D eigenvalue weighted by Gasteiger charge is -2.09. The lowest BCUT2D eigenvalue weighted by atomic mass is 10.1. The first kappa shape index (κ1) is 19.8. The van der Waals surface area contributed by atoms with Gasteiger partial charge in [-0.05, 0) is 43.7 Å². The Morgan fingerprint density at radius 3 is 2.74 bits per heavy atom. The number of carbonyl (C=O) groups excluding carboxylic acids is 2. The SMILES string of the molecule is Cc1cc(C(=O)COC(=O)C[C@@H]2CCS(=O)(=O)C2)c(C)n1Cc1cccs1. The molecular weight excluding hydrogens is 386 g/mol. The zero-order chi connectivity index (χ0) is 19.6. The zero-order valence-electron chi connectivity index (χ0n) is 15.4. The van der Waals surface area contributed by atoms with E-state index in [1.54, 1.807) is 11.3 Å². The normalized spacial score (nSPS) is 18.5. The first-order valence-electron chi connectivity index (χ1n) is 8.83. The molecule has 0 bridgehead atoms. The van der Waals surface area contributed by atoms with E-state index >= 15 is 0 Å². The van der Waals surface area contributed by atoms with Crippen LogP contribution >= 0.6 is 11.3 Å². The molecule has 1 saturated heterocycles. The molecule has 2 aromatic rings. The molecule has 8 heteroatoms. The Balaban J connectivity index is 1.57. The van der Waals surface area contributed by atoms with E-state index in [4.69, 9.17) is 4.74 Å². The molecule has 0 amide bonds. The number of Topliss-reactive ketones (excluding diaryl/α,β-unsaturated/α-hetero) is 1. The molecule has 0 saturated carbocycles. The number of ether oxygens (including phenoxy) is 1. The van der Waals surface area contributed by atoms with E-state index in [1.807, 2.05) is 31.4 Å². The van der Waals surface area contributed by atoms with E-state index in [2.05, 4.69) is 10.6 Å². The predicted molar refractivity (Wildman–Crippen MR) is 104 cm³/mol. The van der Waals surface area contributed by atoms with Crippen LogP contribution in [0.4, 0.5) is 0 Å². The molecule has 0 aromatic carbocycles. The molecule has 0 unspecified atom stereocenters. The monoisotopic (exact) mass is 409 g/mol. The largest absolute Gasteiger partial charge is 0.457 e. The van der Waals surface area contributed by atoms with E-state index in [1.165, 1.54) is 4.88 Å². The number of esters is 1. The van der Waals surface area contributed by atoms with Gasteiger partial charge in [-0.1, -0.05) is 6.07 Å². The van der Waals surface area contributed by atoms with Crippen LogP contribution in [0.3, 0.4) is 0 Å². The number of hydrogen-bond acceptors (Lipinski definition) is 6. The van der Waals surface area contributed by atoms with Crippen molar-refractivity contribution in [3.8, 4) is 0 Å². The lowest BCUT2D eigenvalue weighted by molar-refractivity contribution is -0.143. The van der Waals surface area contributed by atoms with E-state index < -0.39 is 15.8 Å². The Morgan fingerprint density at radius 1 is 1.33 bits per heavy atom. The van der Waals surface area contributed by atoms with Gasteiger partial charge in [0.2, 0.25) is 5.78 Å². The molecule has 0 N–H and O–H groups in total. The van der Waals surface area contributed by atoms with Crippen molar-refractivity contribution in [3.05, 3.63) is 45.4 Å². The number of nitrogens with zero attached hydrogens (tertiary/aromatic N) is 1. The molecule has 1 aliphatic rings. The summed E-state index contributed by atoms with van der Waals surface area (Å²) < 4.78 is 30.1. The average molecular weight is 410 g/mol. The fraction of sp³-hybridized carbons (Fsp3) is 0.474. The quantitative estimate of drug-likeness (QED) is 0.519. The first-order valence-corrected chi connectivity index (χ1v) is 11.5. The van der Waals surface area contributed by atoms with Gasteiger partial charge in [-0.25, -0.2) is 8.42 Å². The number of rotatable bonds is 7. The number of hydrogen-bond donors (Lipinski definition) is 0. The van der Waals surface area contributed by atoms with E-state index in [-0.39, 0.29) is 36.2 Å². The molecule has 3 rings (SSSR count). The van der Waals surface area contributed by atoms with Crippen LogP contribution in [0.1, 0.15) is 39.5 Å². The molecule has 0 spiro atoms. The second kappa shape index (κ2) is 7.98. The molecule has 0 radical (unpaired) electrons. The lowest BCUT2D eigenvalue weighted by Crippen LogP contribution is -2.18. The number of ketones is 1. The second-order valence-corrected chi connectivity index (χ2v) is 10.3. The number of aryl methyl sites for hydroxylation is 1. The van der Waals surface area contributed by atoms with Crippen LogP contribution in [0.15, 0.2) is 23.6 Å². The Kier molecular flexibility index (Phi) is 5.86. The highest BCUT2D eigenvalue weighted by atomic mass is 32.2. The average Bonchev–Trinajstić information content (AvgIpc) is 3.29. The molecule has 0 aliphatic carbocycles. The molecule has 146 valence electrons. The molecule has 1 atom stereocenters. The predicted octanol–water partition coefficient (Wildman–Crippen LogP) is 2.77. The minimum absolute atomic E-state index is 0.0277. The summed E-state index contributed by atoms with van der Waals surface area (Å²) in [6, 6.07) is 5.87. The summed E-state index contributed by atoms with van der Waals surface area (Å²) in [4.78, 5) is 25.6. The minimum atomic E-state index is -3.02. The molecule has 2 aromatic heterocycles. The van der Waals surface area contributed by atoms with Crippen LogP contribution in [0.2, 0.25) is 0 Å². The van der Waals surface area contributed by atoms with Gasteiger partial charge in [0, 0.05) is 28.2 Å². The summed E-state index contributed by atoms with van der Waals surface area (Å²) in [7, 11) is -3.02. The highest BCUT2D eigenvalue weighted by Gasteiger charge is 2.30. The minimum Gasteiger partial charge on any atom is -0.457 e. The Bertz CT molecular complexity index is 941. The van der Waals surface area contributed by atoms with Crippen molar-refractivity contribution in [2.24, 2.45) is 5.92 Å². The van der Waals surface area contributed by atoms with Crippen LogP contribution in [-0.2, 0) is 25.9 Å². The van der Waals surface area contributed by atoms with E-state index in [0.29, 0.717) is 18.5 Å². The summed E-state index contributed by atoms with van der Waals surface area (Å²) in [5.74, 6) is -0.806. The Morgan fingerprint density at radius 2 is 2.11 bits per heavy atom. The van der Waals surface area contributed by atoms with Gasteiger partial charge < -0.3 is 9.30 Å². The molecule has 6 nitrogen and oxygen atoms in total. The van der Waals surface area contributed by atoms with E-state index in [9.17, 15) is 18.0 Å². The Labute approximate surface area is 163 Å². The van der Waals surface area contributed by atoms with Gasteiger partial charge in [0.05, 0.1) is 18.1 Å². The van der Waals surface area contributed by atoms with Crippen molar-refractivity contribution in [2.75, 3.05) is 18.1 Å². The molecular formula is C19H23NO5S2. The number of sulfone groups is 1. The van der Waals surface area contributed by atoms with Gasteiger partial charge in [-0.2, -0.15) is 0 Å². The maximum absolute atomic E-state index is 12.5. The van der Waals surface area contributed by atoms with Gasteiger partial charge >= 0.3 is 5.97 Å². The Hall–Kier alpha value is -1.93. The topological polar surface area (TPSA) is 82.4 Å². The summed E-state index contributed by atoms with van der Waals surface area (Å²) in [5.41, 5.74) is 2.39. The fourth-order valence-corrected chi connectivity index (χ4v) is 5.99. The van der Waals surface area contributed by atoms with Crippen LogP contribution in [0, 0.1) is 19.8 Å². The number of carbonyl (C=O) groups is 2. The van der Waals surface area contributed by atoms with Crippen molar-refractivity contribution < 1.29 is 22.7 Å². The third-order valence-corrected chi connectivity index (χ3v) is 7.61. The van der Waals surface area contributed by atoms with Crippen molar-refractivity contribution in [3.63, 3.8) is 0 Å². The van der Waals surface area contributed by atoms with Crippen molar-refractivity contribution in [2.45, 2.75) is 33.2 Å². The van der Waals surface area contributed by atoms with Crippen molar-refractivity contribution >= 4 is 32.9 Å². The fourth-order valence-electron chi connectivity index (χ4n) is 3.44. The highest BCUT2D eigenvalue weighted by Crippen LogP contribution is 2.22. The van der Waals surface area contributed by atoms with Gasteiger partial charge in [0.15, 0.2) is 16.4 Å². The summed E-state index contributed by atoms with van der Waals surface area (Å²) in [5, 5.41) is 2.02. The first-order chi connectivity index (χ1) is 12.7. The molecule has 1 fully saturated rings. The number of aromatic nitrogens is 1. The van der Waals surface area contributed by atoms with Crippen LogP contribution in [0.25, 0.3) is 0 Å². The van der Waals surface area contributed by atoms with Gasteiger partial charge in [0.25, 0.3) is 0 Å². The summed E-state index contributed by atoms with van der Waals surface area (Å²) in [6.07, 6.45) is 0.527. The van der Waals surface area contributed by atoms with Crippen molar-refractivity contribution in [1.82, 2.24) is 4.57 Å². The smallest absolute Gasteiger partial charge is 0.306 e. The highest BCUT2D eigenvalue weighted by molar-refractivity contribution is 7.91.